The van der Waals surface area contributed by atoms with Gasteiger partial charge >= 0.3 is 0 Å². The molecule has 4 rings (SSSR count). The van der Waals surface area contributed by atoms with Crippen molar-refractivity contribution >= 4 is 16.9 Å². The van der Waals surface area contributed by atoms with Crippen LogP contribution in [-0.2, 0) is 0 Å². The highest BCUT2D eigenvalue weighted by Crippen LogP contribution is 2.37. The smallest absolute Gasteiger partial charge is 0.148 e. The topological polar surface area (TPSA) is 97.9 Å². The third-order valence-corrected chi connectivity index (χ3v) is 4.45. The van der Waals surface area contributed by atoms with Gasteiger partial charge in [0.05, 0.1) is 19.6 Å². The van der Waals surface area contributed by atoms with E-state index in [1.807, 2.05) is 59.3 Å². The maximum atomic E-state index is 8.95. The maximum Gasteiger partial charge on any atom is 0.148 e. The van der Waals surface area contributed by atoms with E-state index in [1.54, 1.807) is 14.2 Å². The van der Waals surface area contributed by atoms with Crippen LogP contribution in [0, 0.1) is 0 Å². The fourth-order valence-corrected chi connectivity index (χ4v) is 3.09. The molecule has 4 aromatic rings. The predicted molar refractivity (Wildman–Crippen MR) is 106 cm³/mol. The minimum Gasteiger partial charge on any atom is -0.497 e. The van der Waals surface area contributed by atoms with Gasteiger partial charge in [-0.05, 0) is 52.6 Å². The molecule has 0 aliphatic rings. The van der Waals surface area contributed by atoms with Crippen molar-refractivity contribution < 1.29 is 9.47 Å². The van der Waals surface area contributed by atoms with Crippen LogP contribution in [0.3, 0.4) is 0 Å². The van der Waals surface area contributed by atoms with Gasteiger partial charge in [-0.25, -0.2) is 9.97 Å². The quantitative estimate of drug-likeness (QED) is 0.278. The van der Waals surface area contributed by atoms with Crippen molar-refractivity contribution in [2.75, 3.05) is 14.2 Å². The number of hydrogen-bond acceptors (Lipinski definition) is 5. The summed E-state index contributed by atoms with van der Waals surface area (Å²) in [6, 6.07) is 15.3. The average Bonchev–Trinajstić information content (AvgIpc) is 3.15. The molecule has 0 saturated carbocycles. The van der Waals surface area contributed by atoms with Crippen LogP contribution in [0.1, 0.15) is 0 Å². The molecule has 2 aromatic carbocycles. The first kappa shape index (κ1) is 17.4. The largest absolute Gasteiger partial charge is 0.497 e. The molecule has 0 aliphatic carbocycles. The molecular weight excluding hydrogens is 356 g/mol. The number of nitrogens with zero attached hydrogens (tertiary/aromatic N) is 6. The zero-order valence-electron chi connectivity index (χ0n) is 15.3. The Hall–Kier alpha value is -4.03. The molecule has 8 heteroatoms. The van der Waals surface area contributed by atoms with Crippen LogP contribution in [0.2, 0.25) is 0 Å². The van der Waals surface area contributed by atoms with E-state index in [2.05, 4.69) is 20.0 Å². The SMILES string of the molecule is COc1ccc(-c2cn(-c3ccc(OC)cc3)c3ncnc(N=[N+]=[N-])c23)cc1. The zero-order chi connectivity index (χ0) is 19.5. The lowest BCUT2D eigenvalue weighted by Crippen LogP contribution is -1.94. The molecule has 0 bridgehead atoms. The molecule has 0 N–H and O–H groups in total. The lowest BCUT2D eigenvalue weighted by Gasteiger charge is -2.06. The summed E-state index contributed by atoms with van der Waals surface area (Å²) < 4.78 is 12.4. The highest BCUT2D eigenvalue weighted by molar-refractivity contribution is 6.01. The molecule has 0 radical (unpaired) electrons. The average molecular weight is 372 g/mol. The first-order valence-corrected chi connectivity index (χ1v) is 8.45. The van der Waals surface area contributed by atoms with Crippen LogP contribution in [0.25, 0.3) is 38.3 Å². The predicted octanol–water partition coefficient (Wildman–Crippen LogP) is 5.05. The van der Waals surface area contributed by atoms with Crippen molar-refractivity contribution in [3.05, 3.63) is 71.5 Å². The van der Waals surface area contributed by atoms with Gasteiger partial charge in [0.1, 0.15) is 29.3 Å². The fourth-order valence-electron chi connectivity index (χ4n) is 3.09. The molecule has 2 heterocycles. The van der Waals surface area contributed by atoms with Gasteiger partial charge in [0.25, 0.3) is 0 Å². The van der Waals surface area contributed by atoms with E-state index in [9.17, 15) is 0 Å². The van der Waals surface area contributed by atoms with Crippen LogP contribution < -0.4 is 9.47 Å². The first-order chi connectivity index (χ1) is 13.7. The van der Waals surface area contributed by atoms with Crippen LogP contribution in [0.4, 0.5) is 5.82 Å². The summed E-state index contributed by atoms with van der Waals surface area (Å²) in [5.74, 6) is 1.81. The minimum absolute atomic E-state index is 0.283. The zero-order valence-corrected chi connectivity index (χ0v) is 15.3. The number of fused-ring (bicyclic) bond motifs is 1. The van der Waals surface area contributed by atoms with Gasteiger partial charge in [0.2, 0.25) is 0 Å². The highest BCUT2D eigenvalue weighted by Gasteiger charge is 2.17. The second kappa shape index (κ2) is 7.30. The summed E-state index contributed by atoms with van der Waals surface area (Å²) >= 11 is 0. The number of hydrogen-bond donors (Lipinski definition) is 0. The summed E-state index contributed by atoms with van der Waals surface area (Å²) in [5, 5.41) is 4.44. The van der Waals surface area contributed by atoms with Crippen LogP contribution in [0.15, 0.2) is 66.2 Å². The van der Waals surface area contributed by atoms with Gasteiger partial charge in [-0.1, -0.05) is 12.1 Å². The highest BCUT2D eigenvalue weighted by atomic mass is 16.5. The lowest BCUT2D eigenvalue weighted by atomic mass is 10.1. The number of aromatic nitrogens is 3. The summed E-state index contributed by atoms with van der Waals surface area (Å²) in [6.07, 6.45) is 3.35. The molecule has 0 fully saturated rings. The second-order valence-corrected chi connectivity index (χ2v) is 5.92. The summed E-state index contributed by atoms with van der Waals surface area (Å²) in [7, 11) is 3.25. The minimum atomic E-state index is 0.283. The van der Waals surface area contributed by atoms with Crippen LogP contribution in [-0.4, -0.2) is 28.8 Å². The Morgan fingerprint density at radius 1 is 0.929 bits per heavy atom. The van der Waals surface area contributed by atoms with Crippen molar-refractivity contribution in [3.8, 4) is 28.3 Å². The molecule has 0 aliphatic heterocycles. The van der Waals surface area contributed by atoms with Crippen LogP contribution >= 0.6 is 0 Å². The third-order valence-electron chi connectivity index (χ3n) is 4.45. The Bertz CT molecular complexity index is 1180. The van der Waals surface area contributed by atoms with Crippen LogP contribution in [0.5, 0.6) is 11.5 Å². The number of methoxy groups -OCH3 is 2. The first-order valence-electron chi connectivity index (χ1n) is 8.45. The number of ether oxygens (including phenoxy) is 2. The molecule has 28 heavy (non-hydrogen) atoms. The molecular formula is C20H16N6O2. The summed E-state index contributed by atoms with van der Waals surface area (Å²) in [6.45, 7) is 0. The van der Waals surface area contributed by atoms with E-state index in [-0.39, 0.29) is 5.82 Å². The molecule has 0 spiro atoms. The molecule has 8 nitrogen and oxygen atoms in total. The molecule has 0 saturated heterocycles. The third kappa shape index (κ3) is 2.98. The maximum absolute atomic E-state index is 8.95. The van der Waals surface area contributed by atoms with Gasteiger partial charge in [0, 0.05) is 22.4 Å². The van der Waals surface area contributed by atoms with E-state index in [1.165, 1.54) is 6.33 Å². The molecule has 0 amide bonds. The number of benzene rings is 2. The Kier molecular flexibility index (Phi) is 4.53. The molecule has 2 aromatic heterocycles. The molecule has 138 valence electrons. The second-order valence-electron chi connectivity index (χ2n) is 5.92. The fraction of sp³-hybridized carbons (Fsp3) is 0.100. The van der Waals surface area contributed by atoms with Gasteiger partial charge < -0.3 is 14.0 Å². The monoisotopic (exact) mass is 372 g/mol. The Morgan fingerprint density at radius 2 is 1.57 bits per heavy atom. The van der Waals surface area contributed by atoms with E-state index in [4.69, 9.17) is 15.0 Å². The number of azide groups is 1. The van der Waals surface area contributed by atoms with E-state index in [0.29, 0.717) is 11.0 Å². The van der Waals surface area contributed by atoms with Gasteiger partial charge in [-0.2, -0.15) is 0 Å². The Balaban J connectivity index is 1.98. The Morgan fingerprint density at radius 3 is 2.18 bits per heavy atom. The van der Waals surface area contributed by atoms with Crippen molar-refractivity contribution in [2.45, 2.75) is 0 Å². The van der Waals surface area contributed by atoms with E-state index in [0.717, 1.165) is 28.3 Å². The summed E-state index contributed by atoms with van der Waals surface area (Å²) in [4.78, 5) is 11.5. The van der Waals surface area contributed by atoms with Gasteiger partial charge in [0.15, 0.2) is 0 Å². The van der Waals surface area contributed by atoms with Crippen molar-refractivity contribution in [2.24, 2.45) is 5.11 Å². The van der Waals surface area contributed by atoms with E-state index >= 15 is 0 Å². The molecule has 0 atom stereocenters. The Labute approximate surface area is 160 Å². The number of rotatable bonds is 5. The van der Waals surface area contributed by atoms with E-state index < -0.39 is 0 Å². The standard InChI is InChI=1S/C20H16N6O2/c1-27-15-7-3-13(4-8-15)17-11-26(14-5-9-16(28-2)10-6-14)20-18(17)19(24-25-21)22-12-23-20/h3-12H,1-2H3. The molecule has 0 unspecified atom stereocenters. The van der Waals surface area contributed by atoms with Gasteiger partial charge in [-0.3, -0.25) is 0 Å². The lowest BCUT2D eigenvalue weighted by molar-refractivity contribution is 0.414. The normalized spacial score (nSPS) is 10.5. The van der Waals surface area contributed by atoms with Gasteiger partial charge in [-0.15, -0.1) is 0 Å². The summed E-state index contributed by atoms with van der Waals surface area (Å²) in [5.41, 5.74) is 12.3. The van der Waals surface area contributed by atoms with Crippen molar-refractivity contribution in [1.29, 1.82) is 0 Å². The van der Waals surface area contributed by atoms with Crippen molar-refractivity contribution in [1.82, 2.24) is 14.5 Å². The van der Waals surface area contributed by atoms with Crippen molar-refractivity contribution in [3.63, 3.8) is 0 Å².